The van der Waals surface area contributed by atoms with Crippen molar-refractivity contribution in [1.82, 2.24) is 10.2 Å². The molecule has 0 aromatic rings. The van der Waals surface area contributed by atoms with Crippen molar-refractivity contribution in [1.29, 1.82) is 0 Å². The van der Waals surface area contributed by atoms with Crippen molar-refractivity contribution >= 4 is 0 Å². The molecule has 2 rings (SSSR count). The van der Waals surface area contributed by atoms with Gasteiger partial charge in [0.15, 0.2) is 0 Å². The van der Waals surface area contributed by atoms with E-state index in [-0.39, 0.29) is 0 Å². The lowest BCUT2D eigenvalue weighted by Gasteiger charge is -2.44. The molecule has 0 bridgehead atoms. The third kappa shape index (κ3) is 3.58. The molecule has 0 aromatic carbocycles. The van der Waals surface area contributed by atoms with Gasteiger partial charge in [-0.1, -0.05) is 38.3 Å². The van der Waals surface area contributed by atoms with Crippen LogP contribution in [0.4, 0.5) is 0 Å². The lowest BCUT2D eigenvalue weighted by Crippen LogP contribution is -2.58. The molecule has 2 heteroatoms. The summed E-state index contributed by atoms with van der Waals surface area (Å²) in [5.41, 5.74) is 0. The van der Waals surface area contributed by atoms with Crippen molar-refractivity contribution < 1.29 is 0 Å². The number of allylic oxidation sites excluding steroid dienone is 1. The minimum atomic E-state index is 0.704. The summed E-state index contributed by atoms with van der Waals surface area (Å²) >= 11 is 0. The molecule has 0 amide bonds. The van der Waals surface area contributed by atoms with Crippen LogP contribution in [0.3, 0.4) is 0 Å². The van der Waals surface area contributed by atoms with Crippen LogP contribution in [0.5, 0.6) is 0 Å². The number of nitrogens with one attached hydrogen (secondary N) is 1. The maximum Gasteiger partial charge on any atom is 0.0252 e. The van der Waals surface area contributed by atoms with Gasteiger partial charge in [0.1, 0.15) is 0 Å². The molecule has 1 saturated heterocycles. The summed E-state index contributed by atoms with van der Waals surface area (Å²) in [6.45, 7) is 8.03. The molecule has 1 N–H and O–H groups in total. The van der Waals surface area contributed by atoms with Gasteiger partial charge >= 0.3 is 0 Å². The Bertz CT molecular complexity index is 256. The van der Waals surface area contributed by atoms with Gasteiger partial charge in [0.25, 0.3) is 0 Å². The van der Waals surface area contributed by atoms with Crippen molar-refractivity contribution in [2.45, 2.75) is 64.5 Å². The molecule has 0 aromatic heterocycles. The monoisotopic (exact) mass is 250 g/mol. The molecule has 0 radical (unpaired) electrons. The Morgan fingerprint density at radius 2 is 2.00 bits per heavy atom. The second-order valence-corrected chi connectivity index (χ2v) is 6.00. The maximum atomic E-state index is 3.76. The molecule has 2 atom stereocenters. The second kappa shape index (κ2) is 7.30. The van der Waals surface area contributed by atoms with E-state index in [0.29, 0.717) is 6.04 Å². The van der Waals surface area contributed by atoms with Crippen molar-refractivity contribution in [2.75, 3.05) is 19.6 Å². The Hall–Kier alpha value is -0.340. The number of hydrogen-bond acceptors (Lipinski definition) is 2. The van der Waals surface area contributed by atoms with Gasteiger partial charge in [-0.05, 0) is 32.1 Å². The van der Waals surface area contributed by atoms with Crippen LogP contribution in [-0.4, -0.2) is 36.6 Å². The van der Waals surface area contributed by atoms with E-state index < -0.39 is 0 Å². The van der Waals surface area contributed by atoms with Gasteiger partial charge < -0.3 is 5.32 Å². The fraction of sp³-hybridized carbons (Fsp3) is 0.875. The molecule has 2 unspecified atom stereocenters. The highest BCUT2D eigenvalue weighted by Gasteiger charge is 2.32. The quantitative estimate of drug-likeness (QED) is 0.771. The van der Waals surface area contributed by atoms with Crippen LogP contribution < -0.4 is 5.32 Å². The minimum Gasteiger partial charge on any atom is -0.311 e. The van der Waals surface area contributed by atoms with Crippen molar-refractivity contribution in [3.8, 4) is 0 Å². The zero-order chi connectivity index (χ0) is 12.8. The molecule has 2 fully saturated rings. The summed E-state index contributed by atoms with van der Waals surface area (Å²) in [6.07, 6.45) is 13.1. The van der Waals surface area contributed by atoms with E-state index in [0.717, 1.165) is 18.5 Å². The average molecular weight is 250 g/mol. The molecular formula is C16H30N2. The van der Waals surface area contributed by atoms with Crippen molar-refractivity contribution in [2.24, 2.45) is 5.92 Å². The molecular weight excluding hydrogens is 220 g/mol. The predicted molar refractivity (Wildman–Crippen MR) is 78.8 cm³/mol. The third-order valence-electron chi connectivity index (χ3n) is 4.80. The highest BCUT2D eigenvalue weighted by atomic mass is 15.2. The van der Waals surface area contributed by atoms with Crippen LogP contribution in [0, 0.1) is 5.92 Å². The Morgan fingerprint density at radius 1 is 1.22 bits per heavy atom. The van der Waals surface area contributed by atoms with Gasteiger partial charge in [0, 0.05) is 31.7 Å². The molecule has 1 heterocycles. The van der Waals surface area contributed by atoms with Crippen molar-refractivity contribution in [3.05, 3.63) is 12.2 Å². The largest absolute Gasteiger partial charge is 0.311 e. The van der Waals surface area contributed by atoms with E-state index in [1.165, 1.54) is 51.6 Å². The van der Waals surface area contributed by atoms with E-state index in [2.05, 4.69) is 36.2 Å². The summed E-state index contributed by atoms with van der Waals surface area (Å²) in [4.78, 5) is 2.74. The molecule has 1 aliphatic carbocycles. The van der Waals surface area contributed by atoms with Gasteiger partial charge in [0.2, 0.25) is 0 Å². The lowest BCUT2D eigenvalue weighted by atomic mass is 9.82. The van der Waals surface area contributed by atoms with Crippen molar-refractivity contribution in [3.63, 3.8) is 0 Å². The van der Waals surface area contributed by atoms with Crippen LogP contribution >= 0.6 is 0 Å². The fourth-order valence-corrected chi connectivity index (χ4v) is 3.61. The highest BCUT2D eigenvalue weighted by Crippen LogP contribution is 2.30. The SMILES string of the molecule is C/C=C/CN1CC(CC)NCC1C1CCCCC1. The predicted octanol–water partition coefficient (Wildman–Crippen LogP) is 3.20. The summed E-state index contributed by atoms with van der Waals surface area (Å²) in [6, 6.07) is 1.49. The summed E-state index contributed by atoms with van der Waals surface area (Å²) in [5, 5.41) is 3.76. The van der Waals surface area contributed by atoms with E-state index >= 15 is 0 Å². The Kier molecular flexibility index (Phi) is 5.71. The van der Waals surface area contributed by atoms with E-state index in [1.54, 1.807) is 0 Å². The number of rotatable bonds is 4. The normalized spacial score (nSPS) is 32.1. The second-order valence-electron chi connectivity index (χ2n) is 6.00. The van der Waals surface area contributed by atoms with E-state index in [4.69, 9.17) is 0 Å². The van der Waals surface area contributed by atoms with E-state index in [9.17, 15) is 0 Å². The third-order valence-corrected chi connectivity index (χ3v) is 4.80. The summed E-state index contributed by atoms with van der Waals surface area (Å²) in [5.74, 6) is 0.939. The zero-order valence-electron chi connectivity index (χ0n) is 12.2. The highest BCUT2D eigenvalue weighted by molar-refractivity contribution is 4.94. The first kappa shape index (κ1) is 14.1. The first-order valence-corrected chi connectivity index (χ1v) is 7.93. The zero-order valence-corrected chi connectivity index (χ0v) is 12.2. The molecule has 0 spiro atoms. The van der Waals surface area contributed by atoms with Gasteiger partial charge in [-0.15, -0.1) is 0 Å². The Labute approximate surface area is 113 Å². The minimum absolute atomic E-state index is 0.704. The number of nitrogens with zero attached hydrogens (tertiary/aromatic N) is 1. The molecule has 18 heavy (non-hydrogen) atoms. The first-order valence-electron chi connectivity index (χ1n) is 7.93. The van der Waals surface area contributed by atoms with Gasteiger partial charge in [-0.25, -0.2) is 0 Å². The van der Waals surface area contributed by atoms with Crippen LogP contribution in [0.15, 0.2) is 12.2 Å². The van der Waals surface area contributed by atoms with Crippen LogP contribution in [0.25, 0.3) is 0 Å². The van der Waals surface area contributed by atoms with Crippen LogP contribution in [0.2, 0.25) is 0 Å². The average Bonchev–Trinajstić information content (AvgIpc) is 2.45. The molecule has 104 valence electrons. The Morgan fingerprint density at radius 3 is 2.67 bits per heavy atom. The molecule has 2 nitrogen and oxygen atoms in total. The standard InChI is InChI=1S/C16H30N2/c1-3-5-11-18-13-15(4-2)17-12-16(18)14-9-7-6-8-10-14/h3,5,14-17H,4,6-13H2,1-2H3/b5-3+. The van der Waals surface area contributed by atoms with E-state index in [1.807, 2.05) is 0 Å². The summed E-state index contributed by atoms with van der Waals surface area (Å²) in [7, 11) is 0. The van der Waals surface area contributed by atoms with Gasteiger partial charge in [-0.3, -0.25) is 4.90 Å². The van der Waals surface area contributed by atoms with Gasteiger partial charge in [0.05, 0.1) is 0 Å². The molecule has 1 aliphatic heterocycles. The topological polar surface area (TPSA) is 15.3 Å². The maximum absolute atomic E-state index is 3.76. The van der Waals surface area contributed by atoms with Gasteiger partial charge in [-0.2, -0.15) is 0 Å². The number of hydrogen-bond donors (Lipinski definition) is 1. The number of piperazine rings is 1. The first-order chi connectivity index (χ1) is 8.85. The van der Waals surface area contributed by atoms with Crippen LogP contribution in [0.1, 0.15) is 52.4 Å². The fourth-order valence-electron chi connectivity index (χ4n) is 3.61. The molecule has 1 saturated carbocycles. The smallest absolute Gasteiger partial charge is 0.0252 e. The summed E-state index contributed by atoms with van der Waals surface area (Å²) < 4.78 is 0. The lowest BCUT2D eigenvalue weighted by molar-refractivity contribution is 0.0814. The van der Waals surface area contributed by atoms with Crippen LogP contribution in [-0.2, 0) is 0 Å². The molecule has 2 aliphatic rings. The Balaban J connectivity index is 1.96.